The molecular formula is C30H38N2O4. The number of amides is 2. The highest BCUT2D eigenvalue weighted by Crippen LogP contribution is 2.55. The molecule has 2 spiro atoms. The maximum atomic E-state index is 12.4. The Morgan fingerprint density at radius 1 is 0.778 bits per heavy atom. The van der Waals surface area contributed by atoms with Crippen LogP contribution in [-0.4, -0.2) is 56.9 Å². The molecule has 6 nitrogen and oxygen atoms in total. The summed E-state index contributed by atoms with van der Waals surface area (Å²) in [7, 11) is 0. The molecule has 192 valence electrons. The third-order valence-electron chi connectivity index (χ3n) is 8.24. The number of rotatable bonds is 2. The molecule has 0 bridgehead atoms. The van der Waals surface area contributed by atoms with Crippen LogP contribution in [-0.2, 0) is 4.74 Å². The molecule has 4 fully saturated rings. The minimum Gasteiger partial charge on any atom is -0.465 e. The van der Waals surface area contributed by atoms with Crippen molar-refractivity contribution in [3.8, 4) is 0 Å². The Hall–Kier alpha value is -3.02. The normalized spacial score (nSPS) is 24.9. The smallest absolute Gasteiger partial charge is 0.410 e. The molecule has 0 aromatic heterocycles. The highest BCUT2D eigenvalue weighted by Gasteiger charge is 2.57. The van der Waals surface area contributed by atoms with E-state index in [0.29, 0.717) is 18.4 Å². The molecule has 2 atom stereocenters. The molecule has 2 saturated heterocycles. The fourth-order valence-electron chi connectivity index (χ4n) is 6.09. The van der Waals surface area contributed by atoms with Crippen molar-refractivity contribution in [3.63, 3.8) is 0 Å². The molecule has 2 heterocycles. The summed E-state index contributed by atoms with van der Waals surface area (Å²) in [4.78, 5) is 27.2. The van der Waals surface area contributed by atoms with Gasteiger partial charge in [-0.1, -0.05) is 60.7 Å². The second-order valence-corrected chi connectivity index (χ2v) is 12.1. The fraction of sp³-hybridized carbons (Fsp3) is 0.533. The number of likely N-dealkylation sites (tertiary alicyclic amines) is 2. The number of hydrogen-bond donors (Lipinski definition) is 1. The van der Waals surface area contributed by atoms with E-state index in [4.69, 9.17) is 4.74 Å². The van der Waals surface area contributed by atoms with E-state index in [1.807, 2.05) is 49.9 Å². The summed E-state index contributed by atoms with van der Waals surface area (Å²) in [6.07, 6.45) is 5.51. The zero-order valence-corrected chi connectivity index (χ0v) is 21.7. The Balaban J connectivity index is 0.000000152. The highest BCUT2D eigenvalue weighted by atomic mass is 16.6. The largest absolute Gasteiger partial charge is 0.465 e. The lowest BCUT2D eigenvalue weighted by molar-refractivity contribution is 0.0202. The quantitative estimate of drug-likeness (QED) is 0.513. The van der Waals surface area contributed by atoms with Crippen LogP contribution in [0.15, 0.2) is 60.7 Å². The summed E-state index contributed by atoms with van der Waals surface area (Å²) < 4.78 is 5.57. The van der Waals surface area contributed by atoms with Gasteiger partial charge >= 0.3 is 12.2 Å². The molecule has 2 aromatic rings. The molecule has 36 heavy (non-hydrogen) atoms. The Morgan fingerprint density at radius 3 is 1.56 bits per heavy atom. The van der Waals surface area contributed by atoms with Crippen LogP contribution in [0.1, 0.15) is 82.3 Å². The van der Waals surface area contributed by atoms with Crippen LogP contribution >= 0.6 is 0 Å². The Labute approximate surface area is 214 Å². The summed E-state index contributed by atoms with van der Waals surface area (Å²) in [5.74, 6) is 0.839. The van der Waals surface area contributed by atoms with Crippen LogP contribution in [0.2, 0.25) is 0 Å². The van der Waals surface area contributed by atoms with Crippen LogP contribution in [0.5, 0.6) is 0 Å². The van der Waals surface area contributed by atoms with Crippen molar-refractivity contribution in [2.24, 2.45) is 0 Å². The standard InChI is InChI=1S/C17H23NO2.C13H15NO2/c1-16(2,3)20-15(19)18-12-14(11-17(18)9-10-17)13-7-5-4-6-8-13;15-12(16)14-9-11(8-13(14)6-7-13)10-4-2-1-3-5-10/h4-8,14H,9-12H2,1-3H3;1-5,11H,6-9H2,(H,15,16). The van der Waals surface area contributed by atoms with Crippen molar-refractivity contribution in [2.45, 2.75) is 87.8 Å². The summed E-state index contributed by atoms with van der Waals surface area (Å²) in [6.45, 7) is 7.23. The lowest BCUT2D eigenvalue weighted by Crippen LogP contribution is -2.41. The molecule has 6 rings (SSSR count). The summed E-state index contributed by atoms with van der Waals surface area (Å²) >= 11 is 0. The Bertz CT molecular complexity index is 1090. The Morgan fingerprint density at radius 2 is 1.19 bits per heavy atom. The maximum Gasteiger partial charge on any atom is 0.410 e. The second kappa shape index (κ2) is 9.13. The van der Waals surface area contributed by atoms with Gasteiger partial charge in [-0.2, -0.15) is 0 Å². The van der Waals surface area contributed by atoms with E-state index in [1.165, 1.54) is 11.1 Å². The number of ether oxygens (including phenoxy) is 1. The van der Waals surface area contributed by atoms with Crippen LogP contribution in [0, 0.1) is 0 Å². The van der Waals surface area contributed by atoms with Crippen molar-refractivity contribution in [3.05, 3.63) is 71.8 Å². The van der Waals surface area contributed by atoms with E-state index in [-0.39, 0.29) is 17.2 Å². The van der Waals surface area contributed by atoms with Gasteiger partial charge in [-0.15, -0.1) is 0 Å². The van der Waals surface area contributed by atoms with E-state index in [2.05, 4.69) is 36.4 Å². The molecule has 2 aliphatic heterocycles. The Kier molecular flexibility index (Phi) is 6.26. The van der Waals surface area contributed by atoms with Gasteiger partial charge in [0.1, 0.15) is 5.60 Å². The van der Waals surface area contributed by atoms with Gasteiger partial charge in [-0.3, -0.25) is 0 Å². The lowest BCUT2D eigenvalue weighted by Gasteiger charge is -2.28. The lowest BCUT2D eigenvalue weighted by atomic mass is 9.96. The van der Waals surface area contributed by atoms with Crippen LogP contribution in [0.4, 0.5) is 9.59 Å². The second-order valence-electron chi connectivity index (χ2n) is 12.1. The van der Waals surface area contributed by atoms with E-state index in [0.717, 1.165) is 45.1 Å². The van der Waals surface area contributed by atoms with E-state index in [1.54, 1.807) is 4.90 Å². The minimum absolute atomic E-state index is 0.00760. The molecule has 1 N–H and O–H groups in total. The number of carbonyl (C=O) groups is 2. The maximum absolute atomic E-state index is 12.4. The average Bonchev–Trinajstić information content (AvgIpc) is 3.70. The van der Waals surface area contributed by atoms with Crippen LogP contribution in [0.3, 0.4) is 0 Å². The third kappa shape index (κ3) is 5.09. The SMILES string of the molecule is CC(C)(C)OC(=O)N1CC(c2ccccc2)CC12CC2.O=C(O)N1CC(c2ccccc2)CC12CC2. The van der Waals surface area contributed by atoms with Gasteiger partial charge in [-0.25, -0.2) is 9.59 Å². The molecule has 2 aromatic carbocycles. The third-order valence-corrected chi connectivity index (χ3v) is 8.24. The van der Waals surface area contributed by atoms with Crippen molar-refractivity contribution in [1.29, 1.82) is 0 Å². The predicted octanol–water partition coefficient (Wildman–Crippen LogP) is 6.63. The van der Waals surface area contributed by atoms with E-state index in [9.17, 15) is 14.7 Å². The van der Waals surface area contributed by atoms with Crippen molar-refractivity contribution in [1.82, 2.24) is 9.80 Å². The number of benzene rings is 2. The first-order chi connectivity index (χ1) is 17.1. The summed E-state index contributed by atoms with van der Waals surface area (Å²) in [6, 6.07) is 20.8. The first-order valence-corrected chi connectivity index (χ1v) is 13.2. The number of carbonyl (C=O) groups excluding carboxylic acids is 1. The predicted molar refractivity (Wildman–Crippen MR) is 139 cm³/mol. The molecule has 4 aliphatic rings. The van der Waals surface area contributed by atoms with E-state index < -0.39 is 11.7 Å². The number of nitrogens with zero attached hydrogens (tertiary/aromatic N) is 2. The summed E-state index contributed by atoms with van der Waals surface area (Å²) in [5, 5.41) is 9.18. The van der Waals surface area contributed by atoms with Crippen molar-refractivity contribution >= 4 is 12.2 Å². The molecule has 2 saturated carbocycles. The molecule has 2 aliphatic carbocycles. The average molecular weight is 491 g/mol. The van der Waals surface area contributed by atoms with Gasteiger partial charge in [0.25, 0.3) is 0 Å². The van der Waals surface area contributed by atoms with Gasteiger partial charge in [0.15, 0.2) is 0 Å². The van der Waals surface area contributed by atoms with Gasteiger partial charge < -0.3 is 19.6 Å². The minimum atomic E-state index is -0.754. The van der Waals surface area contributed by atoms with Crippen molar-refractivity contribution < 1.29 is 19.4 Å². The van der Waals surface area contributed by atoms with E-state index >= 15 is 0 Å². The van der Waals surface area contributed by atoms with Gasteiger partial charge in [0.05, 0.1) is 0 Å². The molecular weight excluding hydrogens is 452 g/mol. The molecule has 0 radical (unpaired) electrons. The topological polar surface area (TPSA) is 70.1 Å². The van der Waals surface area contributed by atoms with Crippen LogP contribution < -0.4 is 0 Å². The zero-order valence-electron chi connectivity index (χ0n) is 21.7. The van der Waals surface area contributed by atoms with Crippen LogP contribution in [0.25, 0.3) is 0 Å². The fourth-order valence-corrected chi connectivity index (χ4v) is 6.09. The van der Waals surface area contributed by atoms with Crippen molar-refractivity contribution in [2.75, 3.05) is 13.1 Å². The molecule has 2 amide bonds. The van der Waals surface area contributed by atoms with Gasteiger partial charge in [0.2, 0.25) is 0 Å². The zero-order chi connectivity index (χ0) is 25.6. The number of carboxylic acid groups (broad SMARTS) is 1. The van der Waals surface area contributed by atoms with Gasteiger partial charge in [0, 0.05) is 36.0 Å². The molecule has 6 heteroatoms. The first kappa shape index (κ1) is 24.7. The summed E-state index contributed by atoms with van der Waals surface area (Å²) in [5.41, 5.74) is 2.27. The number of hydrogen-bond acceptors (Lipinski definition) is 3. The first-order valence-electron chi connectivity index (χ1n) is 13.2. The van der Waals surface area contributed by atoms with Gasteiger partial charge in [-0.05, 0) is 70.4 Å². The highest BCUT2D eigenvalue weighted by molar-refractivity contribution is 5.71. The monoisotopic (exact) mass is 490 g/mol. The molecule has 2 unspecified atom stereocenters.